The standard InChI is InChI=1S/C7H13NOS.2ClH/c1-6-4-10-5-8(6)3-7(2)9;;/h4,7,9H,3,5H2,1-2H3;2*1H. The van der Waals surface area contributed by atoms with E-state index in [1.54, 1.807) is 11.8 Å². The van der Waals surface area contributed by atoms with E-state index in [-0.39, 0.29) is 30.9 Å². The van der Waals surface area contributed by atoms with Gasteiger partial charge in [0.1, 0.15) is 0 Å². The minimum Gasteiger partial charge on any atom is -0.392 e. The summed E-state index contributed by atoms with van der Waals surface area (Å²) in [4.78, 5) is 2.18. The van der Waals surface area contributed by atoms with Crippen LogP contribution >= 0.6 is 36.6 Å². The number of aliphatic hydroxyl groups is 1. The van der Waals surface area contributed by atoms with Gasteiger partial charge in [-0.05, 0) is 19.3 Å². The molecule has 1 rings (SSSR count). The number of thioether (sulfide) groups is 1. The van der Waals surface area contributed by atoms with Gasteiger partial charge in [0.25, 0.3) is 0 Å². The normalized spacial score (nSPS) is 17.6. The first-order valence-electron chi connectivity index (χ1n) is 3.41. The molecule has 1 heterocycles. The summed E-state index contributed by atoms with van der Waals surface area (Å²) in [5, 5.41) is 11.2. The number of aliphatic hydroxyl groups excluding tert-OH is 1. The summed E-state index contributed by atoms with van der Waals surface area (Å²) in [5.41, 5.74) is 1.27. The maximum atomic E-state index is 9.05. The van der Waals surface area contributed by atoms with E-state index >= 15 is 0 Å². The SMILES string of the molecule is CC1=CSCN1CC(C)O.Cl.Cl. The first-order chi connectivity index (χ1) is 4.70. The molecule has 1 atom stereocenters. The molecule has 12 heavy (non-hydrogen) atoms. The van der Waals surface area contributed by atoms with Crippen LogP contribution in [0.25, 0.3) is 0 Å². The van der Waals surface area contributed by atoms with Crippen LogP contribution in [0.3, 0.4) is 0 Å². The predicted octanol–water partition coefficient (Wildman–Crippen LogP) is 2.08. The highest BCUT2D eigenvalue weighted by Crippen LogP contribution is 2.21. The molecule has 1 unspecified atom stereocenters. The lowest BCUT2D eigenvalue weighted by molar-refractivity contribution is 0.155. The summed E-state index contributed by atoms with van der Waals surface area (Å²) < 4.78 is 0. The third-order valence-electron chi connectivity index (χ3n) is 1.47. The van der Waals surface area contributed by atoms with Crippen molar-refractivity contribution in [3.8, 4) is 0 Å². The van der Waals surface area contributed by atoms with Gasteiger partial charge in [0.2, 0.25) is 0 Å². The van der Waals surface area contributed by atoms with E-state index in [1.807, 2.05) is 6.92 Å². The fourth-order valence-electron chi connectivity index (χ4n) is 0.940. The Labute approximate surface area is 90.2 Å². The van der Waals surface area contributed by atoms with Crippen LogP contribution in [0.1, 0.15) is 13.8 Å². The van der Waals surface area contributed by atoms with Crippen LogP contribution in [-0.2, 0) is 0 Å². The maximum absolute atomic E-state index is 9.05. The van der Waals surface area contributed by atoms with Gasteiger partial charge < -0.3 is 10.0 Å². The van der Waals surface area contributed by atoms with Crippen molar-refractivity contribution < 1.29 is 5.11 Å². The van der Waals surface area contributed by atoms with Crippen LogP contribution in [0.4, 0.5) is 0 Å². The molecule has 5 heteroatoms. The summed E-state index contributed by atoms with van der Waals surface area (Å²) in [6, 6.07) is 0. The zero-order valence-corrected chi connectivity index (χ0v) is 9.64. The molecule has 1 aliphatic rings. The highest BCUT2D eigenvalue weighted by atomic mass is 35.5. The predicted molar refractivity (Wildman–Crippen MR) is 59.1 cm³/mol. The molecule has 74 valence electrons. The number of rotatable bonds is 2. The van der Waals surface area contributed by atoms with Crippen LogP contribution in [0.15, 0.2) is 11.1 Å². The van der Waals surface area contributed by atoms with Crippen molar-refractivity contribution in [3.63, 3.8) is 0 Å². The summed E-state index contributed by atoms with van der Waals surface area (Å²) in [7, 11) is 0. The second-order valence-corrected chi connectivity index (χ2v) is 3.45. The topological polar surface area (TPSA) is 23.5 Å². The zero-order valence-electron chi connectivity index (χ0n) is 7.19. The van der Waals surface area contributed by atoms with Gasteiger partial charge in [-0.15, -0.1) is 36.6 Å². The van der Waals surface area contributed by atoms with Crippen molar-refractivity contribution >= 4 is 36.6 Å². The Morgan fingerprint density at radius 1 is 1.67 bits per heavy atom. The van der Waals surface area contributed by atoms with Gasteiger partial charge in [0.15, 0.2) is 0 Å². The molecule has 0 saturated carbocycles. The lowest BCUT2D eigenvalue weighted by atomic mass is 10.3. The number of nitrogens with zero attached hydrogens (tertiary/aromatic N) is 1. The van der Waals surface area contributed by atoms with E-state index in [9.17, 15) is 0 Å². The third kappa shape index (κ3) is 4.45. The summed E-state index contributed by atoms with van der Waals surface area (Å²) in [6.45, 7) is 4.65. The van der Waals surface area contributed by atoms with Crippen LogP contribution < -0.4 is 0 Å². The van der Waals surface area contributed by atoms with Crippen LogP contribution in [0.2, 0.25) is 0 Å². The van der Waals surface area contributed by atoms with Gasteiger partial charge in [-0.1, -0.05) is 0 Å². The average Bonchev–Trinajstić information content (AvgIpc) is 2.15. The number of allylic oxidation sites excluding steroid dienone is 1. The molecule has 0 saturated heterocycles. The van der Waals surface area contributed by atoms with Crippen molar-refractivity contribution in [2.45, 2.75) is 20.0 Å². The highest BCUT2D eigenvalue weighted by Gasteiger charge is 2.12. The minimum atomic E-state index is -0.220. The minimum absolute atomic E-state index is 0. The van der Waals surface area contributed by atoms with E-state index in [2.05, 4.69) is 17.2 Å². The van der Waals surface area contributed by atoms with Crippen LogP contribution in [0, 0.1) is 0 Å². The van der Waals surface area contributed by atoms with E-state index in [0.717, 1.165) is 12.4 Å². The molecule has 0 aliphatic carbocycles. The molecule has 0 aromatic heterocycles. The average molecular weight is 232 g/mol. The molecule has 1 aliphatic heterocycles. The van der Waals surface area contributed by atoms with E-state index in [4.69, 9.17) is 5.11 Å². The zero-order chi connectivity index (χ0) is 7.56. The van der Waals surface area contributed by atoms with Crippen LogP contribution in [-0.4, -0.2) is 28.5 Å². The van der Waals surface area contributed by atoms with Crippen LogP contribution in [0.5, 0.6) is 0 Å². The van der Waals surface area contributed by atoms with Gasteiger partial charge in [0.05, 0.1) is 12.0 Å². The third-order valence-corrected chi connectivity index (χ3v) is 2.44. The van der Waals surface area contributed by atoms with Gasteiger partial charge in [-0.25, -0.2) is 0 Å². The van der Waals surface area contributed by atoms with Crippen molar-refractivity contribution in [3.05, 3.63) is 11.1 Å². The molecule has 1 N–H and O–H groups in total. The number of hydrogen-bond donors (Lipinski definition) is 1. The fraction of sp³-hybridized carbons (Fsp3) is 0.714. The smallest absolute Gasteiger partial charge is 0.0687 e. The second kappa shape index (κ2) is 6.89. The Morgan fingerprint density at radius 2 is 2.25 bits per heavy atom. The molecule has 0 bridgehead atoms. The van der Waals surface area contributed by atoms with Crippen molar-refractivity contribution in [2.75, 3.05) is 12.4 Å². The Kier molecular flexibility index (Phi) is 8.58. The summed E-state index contributed by atoms with van der Waals surface area (Å²) in [5.74, 6) is 0.997. The highest BCUT2D eigenvalue weighted by molar-refractivity contribution is 8.02. The number of β-amino-alcohol motifs (C(OH)–C–C–N with tert-alkyl or cyclic N) is 1. The van der Waals surface area contributed by atoms with Crippen molar-refractivity contribution in [1.29, 1.82) is 0 Å². The molecule has 0 aromatic carbocycles. The Bertz CT molecular complexity index is 152. The molecule has 2 nitrogen and oxygen atoms in total. The lowest BCUT2D eigenvalue weighted by Gasteiger charge is -2.20. The molecule has 0 amide bonds. The van der Waals surface area contributed by atoms with Gasteiger partial charge in [-0.3, -0.25) is 0 Å². The van der Waals surface area contributed by atoms with Gasteiger partial charge >= 0.3 is 0 Å². The molecule has 0 fully saturated rings. The fourth-order valence-corrected chi connectivity index (χ4v) is 1.89. The molecule has 0 radical (unpaired) electrons. The lowest BCUT2D eigenvalue weighted by Crippen LogP contribution is -2.26. The number of hydrogen-bond acceptors (Lipinski definition) is 3. The summed E-state index contributed by atoms with van der Waals surface area (Å²) in [6.07, 6.45) is -0.220. The quantitative estimate of drug-likeness (QED) is 0.788. The van der Waals surface area contributed by atoms with E-state index in [0.29, 0.717) is 0 Å². The van der Waals surface area contributed by atoms with Gasteiger partial charge in [0, 0.05) is 12.2 Å². The Morgan fingerprint density at radius 3 is 2.58 bits per heavy atom. The molecule has 0 aromatic rings. The van der Waals surface area contributed by atoms with Crippen molar-refractivity contribution in [2.24, 2.45) is 0 Å². The largest absolute Gasteiger partial charge is 0.392 e. The van der Waals surface area contributed by atoms with E-state index < -0.39 is 0 Å². The first kappa shape index (κ1) is 14.9. The first-order valence-corrected chi connectivity index (χ1v) is 4.46. The molecular formula is C7H15Cl2NOS. The Hall–Kier alpha value is 0.430. The summed E-state index contributed by atoms with van der Waals surface area (Å²) >= 11 is 1.79. The second-order valence-electron chi connectivity index (χ2n) is 2.63. The van der Waals surface area contributed by atoms with E-state index in [1.165, 1.54) is 5.70 Å². The molecule has 0 spiro atoms. The molecular weight excluding hydrogens is 217 g/mol. The Balaban J connectivity index is 0. The van der Waals surface area contributed by atoms with Gasteiger partial charge in [-0.2, -0.15) is 0 Å². The monoisotopic (exact) mass is 231 g/mol. The maximum Gasteiger partial charge on any atom is 0.0687 e. The van der Waals surface area contributed by atoms with Crippen molar-refractivity contribution in [1.82, 2.24) is 4.90 Å². The number of halogens is 2.